The topological polar surface area (TPSA) is 206 Å². The van der Waals surface area contributed by atoms with Crippen molar-refractivity contribution in [1.29, 1.82) is 0 Å². The van der Waals surface area contributed by atoms with Gasteiger partial charge in [0.15, 0.2) is 37.4 Å². The molecule has 0 spiro atoms. The summed E-state index contributed by atoms with van der Waals surface area (Å²) in [6.45, 7) is 37.4. The van der Waals surface area contributed by atoms with Crippen molar-refractivity contribution >= 4 is 31.1 Å². The third kappa shape index (κ3) is 37.7. The molecule has 3 saturated carbocycles. The smallest absolute Gasteiger partial charge is 0.450 e. The minimum Gasteiger partial charge on any atom is -0.743 e. The van der Waals surface area contributed by atoms with E-state index >= 15 is 0 Å². The summed E-state index contributed by atoms with van der Waals surface area (Å²) in [5, 5.41) is 4.37. The maximum absolute atomic E-state index is 13.6. The van der Waals surface area contributed by atoms with Gasteiger partial charge in [0.1, 0.15) is 34.5 Å². The molecule has 0 amide bonds. The second-order valence-electron chi connectivity index (χ2n) is 36.1. The highest BCUT2D eigenvalue weighted by molar-refractivity contribution is 7.97. The molecule has 0 radical (unpaired) electrons. The molecule has 0 heterocycles. The van der Waals surface area contributed by atoms with E-state index < -0.39 is 42.4 Å². The lowest BCUT2D eigenvalue weighted by atomic mass is 9.94. The van der Waals surface area contributed by atoms with Gasteiger partial charge in [-0.25, -0.2) is 8.42 Å². The first-order chi connectivity index (χ1) is 63.6. The van der Waals surface area contributed by atoms with Crippen LogP contribution in [0.25, 0.3) is 0 Å². The van der Waals surface area contributed by atoms with E-state index in [2.05, 4.69) is 246 Å². The van der Waals surface area contributed by atoms with E-state index in [1.165, 1.54) is 157 Å². The quantitative estimate of drug-likeness (QED) is 0.00936. The maximum atomic E-state index is 13.6. The Labute approximate surface area is 800 Å². The van der Waals surface area contributed by atoms with Crippen LogP contribution in [-0.4, -0.2) is 98.4 Å². The molecule has 9 atom stereocenters. The Morgan fingerprint density at radius 3 is 0.925 bits per heavy atom. The van der Waals surface area contributed by atoms with Crippen molar-refractivity contribution in [3.8, 4) is 34.5 Å². The van der Waals surface area contributed by atoms with Crippen LogP contribution in [-0.2, 0) is 50.1 Å². The van der Waals surface area contributed by atoms with Crippen molar-refractivity contribution < 1.29 is 95.3 Å². The van der Waals surface area contributed by atoms with Crippen LogP contribution in [0, 0.1) is 5.41 Å². The molecule has 3 aliphatic carbocycles. The molecule has 134 heavy (non-hydrogen) atoms. The molecule has 9 unspecified atom stereocenters. The fourth-order valence-electron chi connectivity index (χ4n) is 14.7. The maximum Gasteiger partial charge on any atom is 0.450 e. The van der Waals surface area contributed by atoms with Crippen molar-refractivity contribution in [2.24, 2.45) is 5.41 Å². The van der Waals surface area contributed by atoms with Gasteiger partial charge in [-0.05, 0) is 269 Å². The summed E-state index contributed by atoms with van der Waals surface area (Å²) in [5.74, 6) is -1.69. The Kier molecular flexibility index (Phi) is 49.0. The summed E-state index contributed by atoms with van der Waals surface area (Å²) in [6, 6.07) is 76.4. The Morgan fingerprint density at radius 1 is 0.351 bits per heavy atom. The third-order valence-electron chi connectivity index (χ3n) is 24.6. The molecule has 0 aliphatic heterocycles. The second kappa shape index (κ2) is 57.6. The molecule has 15 nitrogen and oxygen atoms in total. The van der Waals surface area contributed by atoms with Crippen LogP contribution in [0.3, 0.4) is 0 Å². The molecule has 0 bridgehead atoms. The van der Waals surface area contributed by atoms with Gasteiger partial charge in [-0.15, -0.1) is 0 Å². The summed E-state index contributed by atoms with van der Waals surface area (Å²) in [6.07, 6.45) is 25.9. The van der Waals surface area contributed by atoms with Crippen molar-refractivity contribution in [2.45, 2.75) is 356 Å². The highest BCUT2D eigenvalue weighted by Crippen LogP contribution is 2.51. The van der Waals surface area contributed by atoms with E-state index in [-0.39, 0.29) is 41.1 Å². The minimum absolute atomic E-state index is 0.0146. The molecule has 9 aromatic rings. The zero-order valence-corrected chi connectivity index (χ0v) is 84.4. The zero-order valence-electron chi connectivity index (χ0n) is 81.9. The van der Waals surface area contributed by atoms with Gasteiger partial charge in [-0.1, -0.05) is 289 Å². The van der Waals surface area contributed by atoms with Crippen molar-refractivity contribution in [3.63, 3.8) is 0 Å². The molecule has 740 valence electrons. The Hall–Kier alpha value is -8.59. The molecule has 2 N–H and O–H groups in total. The standard InChI is InChI=1S/C21H34O2.C20H32O3.C18H28O2.C18H15S.C13H14F6O6S2.2C10H14O/c1-6-16(2)17-12-14-19(15-13-17)23-20(21(3,4)5)22-18-10-8-7-9-11-18;1-4-16(2)18-10-12-20(13-11-18)23-17(3)21-14-15-22-19-8-6-5-7-9-19;1-4-14(2)16-10-12-18(13-11-16)20-15(3)19-17-8-6-5-7-9-17;1-4-10-16(11-5-1)19(17-12-6-2-7-13-17)18-14-8-3-9-15-18;1-3-8(2)9-4-6-10(7-5-9)25-27(23,24)13(18,19)11(14,15)12(16,17)26(20,21)22;2*1-3-8(2)9-4-6-10(11)7-5-9/h12-16,18,20H,6-11H2,1-5H3;10-13,16-17,19H,4-9,14-15H2,1-3H3;10-15,17H,4-9H2,1-3H3;1-15H;4-8H,3H2,1-2H3,(H,20,21,22);2*4-8,11H,3H2,1-2H3/q;;;+1;;;/p-1. The van der Waals surface area contributed by atoms with Crippen LogP contribution in [0.1, 0.15) is 321 Å². The van der Waals surface area contributed by atoms with E-state index in [0.29, 0.717) is 84.6 Å². The number of benzene rings is 9. The molecule has 0 aromatic heterocycles. The number of phenols is 2. The molecular weight excluding hydrogens is 1770 g/mol. The van der Waals surface area contributed by atoms with Gasteiger partial charge in [0.05, 0.1) is 42.4 Å². The number of rotatable bonds is 36. The van der Waals surface area contributed by atoms with Crippen LogP contribution in [0.2, 0.25) is 0 Å². The number of hydrogen-bond donors (Lipinski definition) is 2. The Balaban J connectivity index is 0.000000244. The largest absolute Gasteiger partial charge is 0.743 e. The van der Waals surface area contributed by atoms with E-state index in [1.807, 2.05) is 57.2 Å². The SMILES string of the molecule is CCC(C)c1ccc(O)cc1.CCC(C)c1ccc(O)cc1.CCC(C)c1ccc(OC(C)OC2CCCCC2)cc1.CCC(C)c1ccc(OC(C)OCCOC2CCCCC2)cc1.CCC(C)c1ccc(OC(OC2CCCCC2)C(C)(C)C)cc1.CCC(C)c1ccc(OS(=O)(=O)C(F)(F)C(F)(F)C(F)(F)S(=O)(=O)[O-])cc1.c1ccc([S+](c2ccccc2)c2ccccc2)cc1. The molecule has 12 rings (SSSR count). The average Bonchev–Trinajstić information content (AvgIpc) is 0.721. The first-order valence-corrected chi connectivity index (χ1v) is 52.1. The summed E-state index contributed by atoms with van der Waals surface area (Å²) >= 11 is 0. The average molecular weight is 1920 g/mol. The predicted octanol–water partition coefficient (Wildman–Crippen LogP) is 30.7. The molecule has 24 heteroatoms. The van der Waals surface area contributed by atoms with Crippen LogP contribution < -0.4 is 18.4 Å². The molecule has 3 fully saturated rings. The number of ether oxygens (including phenoxy) is 7. The lowest BCUT2D eigenvalue weighted by molar-refractivity contribution is -0.247. The summed E-state index contributed by atoms with van der Waals surface area (Å²) in [7, 11) is -14.2. The van der Waals surface area contributed by atoms with Crippen molar-refractivity contribution in [3.05, 3.63) is 270 Å². The van der Waals surface area contributed by atoms with Gasteiger partial charge in [0.2, 0.25) is 6.29 Å². The van der Waals surface area contributed by atoms with E-state index in [0.717, 1.165) is 55.1 Å². The highest BCUT2D eigenvalue weighted by atomic mass is 32.2. The molecular formula is C110H150F6O15S3. The molecule has 9 aromatic carbocycles. The van der Waals surface area contributed by atoms with Gasteiger partial charge < -0.3 is 52.1 Å². The van der Waals surface area contributed by atoms with E-state index in [1.54, 1.807) is 31.2 Å². The van der Waals surface area contributed by atoms with Crippen LogP contribution in [0.5, 0.6) is 34.5 Å². The number of halogens is 6. The van der Waals surface area contributed by atoms with Gasteiger partial charge in [0.25, 0.3) is 0 Å². The summed E-state index contributed by atoms with van der Waals surface area (Å²) < 4.78 is 179. The number of aromatic hydroxyl groups is 2. The zero-order chi connectivity index (χ0) is 98.7. The lowest BCUT2D eigenvalue weighted by Crippen LogP contribution is -2.61. The fraction of sp³-hybridized carbons (Fsp3) is 0.509. The van der Waals surface area contributed by atoms with Crippen LogP contribution in [0.15, 0.2) is 251 Å². The lowest BCUT2D eigenvalue weighted by Gasteiger charge is -2.35. The van der Waals surface area contributed by atoms with Crippen LogP contribution >= 0.6 is 0 Å². The molecule has 3 aliphatic rings. The van der Waals surface area contributed by atoms with Gasteiger partial charge in [0, 0.05) is 5.41 Å². The first kappa shape index (κ1) is 114. The van der Waals surface area contributed by atoms with Crippen LogP contribution in [0.4, 0.5) is 26.3 Å². The van der Waals surface area contributed by atoms with Crippen molar-refractivity contribution in [2.75, 3.05) is 13.2 Å². The molecule has 0 saturated heterocycles. The van der Waals surface area contributed by atoms with Crippen molar-refractivity contribution in [1.82, 2.24) is 0 Å². The monoisotopic (exact) mass is 1920 g/mol. The normalized spacial score (nSPS) is 16.2. The highest BCUT2D eigenvalue weighted by Gasteiger charge is 2.81. The van der Waals surface area contributed by atoms with E-state index in [4.69, 9.17) is 43.4 Å². The van der Waals surface area contributed by atoms with Gasteiger partial charge >= 0.3 is 26.5 Å². The predicted molar refractivity (Wildman–Crippen MR) is 529 cm³/mol. The van der Waals surface area contributed by atoms with Gasteiger partial charge in [-0.2, -0.15) is 34.8 Å². The summed E-state index contributed by atoms with van der Waals surface area (Å²) in [5.41, 5.74) is 7.28. The number of hydrogen-bond acceptors (Lipinski definition) is 15. The number of alkyl halides is 6. The third-order valence-corrected chi connectivity index (χ3v) is 29.0. The fourth-order valence-corrected chi connectivity index (χ4v) is 18.2. The van der Waals surface area contributed by atoms with E-state index in [9.17, 15) is 47.7 Å². The summed E-state index contributed by atoms with van der Waals surface area (Å²) in [4.78, 5) is 4.08. The Bertz CT molecular complexity index is 4740. The number of phenolic OH excluding ortho intramolecular Hbond substituents is 2. The first-order valence-electron chi connectivity index (χ1n) is 48.1. The Morgan fingerprint density at radius 2 is 0.627 bits per heavy atom. The van der Waals surface area contributed by atoms with Gasteiger partial charge in [-0.3, -0.25) is 0 Å². The second-order valence-corrected chi connectivity index (χ2v) is 41.2. The minimum atomic E-state index is -7.33.